The monoisotopic (exact) mass is 311 g/mol. The summed E-state index contributed by atoms with van der Waals surface area (Å²) in [6.45, 7) is 1.56. The number of fused-ring (bicyclic) bond motifs is 3. The summed E-state index contributed by atoms with van der Waals surface area (Å²) in [5.41, 5.74) is 1.08. The molecule has 0 aliphatic carbocycles. The third-order valence-electron chi connectivity index (χ3n) is 4.36. The van der Waals surface area contributed by atoms with Crippen molar-refractivity contribution in [3.63, 3.8) is 0 Å². The molecule has 0 N–H and O–H groups in total. The van der Waals surface area contributed by atoms with Crippen LogP contribution in [0.5, 0.6) is 0 Å². The van der Waals surface area contributed by atoms with Crippen LogP contribution in [0, 0.1) is 0 Å². The Morgan fingerprint density at radius 2 is 1.96 bits per heavy atom. The first-order valence-corrected chi connectivity index (χ1v) is 7.88. The van der Waals surface area contributed by atoms with Crippen molar-refractivity contribution in [2.45, 2.75) is 25.8 Å². The fraction of sp³-hybridized carbons (Fsp3) is 0.353. The van der Waals surface area contributed by atoms with Gasteiger partial charge in [0, 0.05) is 18.5 Å². The van der Waals surface area contributed by atoms with E-state index in [2.05, 4.69) is 4.98 Å². The normalized spacial score (nSPS) is 15.4. The van der Waals surface area contributed by atoms with E-state index in [1.165, 1.54) is 10.9 Å². The van der Waals surface area contributed by atoms with E-state index in [0.29, 0.717) is 11.1 Å². The van der Waals surface area contributed by atoms with E-state index in [-0.39, 0.29) is 23.6 Å². The summed E-state index contributed by atoms with van der Waals surface area (Å²) < 4.78 is 6.97. The third kappa shape index (κ3) is 2.40. The quantitative estimate of drug-likeness (QED) is 0.727. The van der Waals surface area contributed by atoms with Gasteiger partial charge in [0.15, 0.2) is 0 Å². The Morgan fingerprint density at radius 3 is 2.78 bits per heavy atom. The van der Waals surface area contributed by atoms with Crippen molar-refractivity contribution in [3.05, 3.63) is 40.9 Å². The molecule has 118 valence electrons. The number of para-hydroxylation sites is 1. The van der Waals surface area contributed by atoms with Crippen molar-refractivity contribution in [2.75, 3.05) is 13.1 Å². The first-order valence-electron chi connectivity index (χ1n) is 7.88. The number of rotatable bonds is 2. The molecule has 0 radical (unpaired) electrons. The topological polar surface area (TPSA) is 68.3 Å². The van der Waals surface area contributed by atoms with E-state index in [4.69, 9.17) is 4.42 Å². The van der Waals surface area contributed by atoms with Crippen LogP contribution in [0.15, 0.2) is 39.8 Å². The molecule has 1 aromatic carbocycles. The van der Waals surface area contributed by atoms with E-state index in [1.807, 2.05) is 23.1 Å². The van der Waals surface area contributed by atoms with Gasteiger partial charge in [-0.2, -0.15) is 0 Å². The minimum absolute atomic E-state index is 0.0127. The van der Waals surface area contributed by atoms with Crippen LogP contribution in [0.2, 0.25) is 0 Å². The van der Waals surface area contributed by atoms with Gasteiger partial charge in [0.05, 0.1) is 6.33 Å². The molecule has 0 spiro atoms. The van der Waals surface area contributed by atoms with Gasteiger partial charge >= 0.3 is 0 Å². The van der Waals surface area contributed by atoms with Crippen molar-refractivity contribution < 1.29 is 9.21 Å². The molecule has 1 saturated heterocycles. The molecule has 4 rings (SSSR count). The van der Waals surface area contributed by atoms with Gasteiger partial charge in [-0.3, -0.25) is 14.2 Å². The number of hydrogen-bond donors (Lipinski definition) is 0. The Bertz CT molecular complexity index is 935. The Morgan fingerprint density at radius 1 is 1.17 bits per heavy atom. The smallest absolute Gasteiger partial charge is 0.297 e. The molecule has 6 heteroatoms. The third-order valence-corrected chi connectivity index (χ3v) is 4.36. The number of piperidine rings is 1. The number of amides is 1. The summed E-state index contributed by atoms with van der Waals surface area (Å²) >= 11 is 0. The van der Waals surface area contributed by atoms with E-state index >= 15 is 0 Å². The molecule has 1 fully saturated rings. The van der Waals surface area contributed by atoms with Crippen molar-refractivity contribution in [1.29, 1.82) is 0 Å². The largest absolute Gasteiger partial charge is 0.448 e. The maximum absolute atomic E-state index is 12.6. The molecule has 1 amide bonds. The molecule has 0 atom stereocenters. The second kappa shape index (κ2) is 5.53. The van der Waals surface area contributed by atoms with Gasteiger partial charge in [-0.1, -0.05) is 12.1 Å². The molecule has 3 aromatic rings. The number of furan rings is 1. The van der Waals surface area contributed by atoms with Crippen LogP contribution in [-0.2, 0) is 11.3 Å². The average molecular weight is 311 g/mol. The summed E-state index contributed by atoms with van der Waals surface area (Å²) in [4.78, 5) is 31.1. The van der Waals surface area contributed by atoms with E-state index in [1.54, 1.807) is 6.07 Å². The Kier molecular flexibility index (Phi) is 3.37. The van der Waals surface area contributed by atoms with Gasteiger partial charge < -0.3 is 9.32 Å². The van der Waals surface area contributed by atoms with Gasteiger partial charge in [-0.15, -0.1) is 0 Å². The number of aromatic nitrogens is 2. The van der Waals surface area contributed by atoms with Gasteiger partial charge in [0.25, 0.3) is 5.56 Å². The van der Waals surface area contributed by atoms with Gasteiger partial charge in [0.2, 0.25) is 11.5 Å². The Balaban J connectivity index is 1.70. The van der Waals surface area contributed by atoms with Crippen molar-refractivity contribution in [1.82, 2.24) is 14.5 Å². The van der Waals surface area contributed by atoms with Crippen molar-refractivity contribution >= 4 is 28.0 Å². The lowest BCUT2D eigenvalue weighted by Crippen LogP contribution is -2.39. The van der Waals surface area contributed by atoms with Crippen LogP contribution >= 0.6 is 0 Å². The van der Waals surface area contributed by atoms with Crippen LogP contribution < -0.4 is 5.56 Å². The van der Waals surface area contributed by atoms with Gasteiger partial charge in [-0.25, -0.2) is 4.98 Å². The number of nitrogens with zero attached hydrogens (tertiary/aromatic N) is 3. The first kappa shape index (κ1) is 14.0. The van der Waals surface area contributed by atoms with Crippen molar-refractivity contribution in [2.24, 2.45) is 0 Å². The molecule has 1 aliphatic heterocycles. The molecule has 2 aromatic heterocycles. The van der Waals surface area contributed by atoms with Gasteiger partial charge in [-0.05, 0) is 31.4 Å². The van der Waals surface area contributed by atoms with Crippen LogP contribution in [-0.4, -0.2) is 33.4 Å². The standard InChI is InChI=1S/C17H17N3O3/c21-14(19-8-4-1-5-9-19)10-20-11-18-15-12-6-2-3-7-13(12)23-16(15)17(20)22/h2-3,6-7,11H,1,4-5,8-10H2. The van der Waals surface area contributed by atoms with Gasteiger partial charge in [0.1, 0.15) is 17.6 Å². The van der Waals surface area contributed by atoms with Crippen LogP contribution in [0.25, 0.3) is 22.1 Å². The minimum atomic E-state index is -0.309. The summed E-state index contributed by atoms with van der Waals surface area (Å²) in [7, 11) is 0. The molecule has 3 heterocycles. The minimum Gasteiger partial charge on any atom is -0.448 e. The lowest BCUT2D eigenvalue weighted by atomic mass is 10.1. The second-order valence-corrected chi connectivity index (χ2v) is 5.90. The van der Waals surface area contributed by atoms with E-state index in [0.717, 1.165) is 37.7 Å². The molecular formula is C17H17N3O3. The van der Waals surface area contributed by atoms with Crippen LogP contribution in [0.4, 0.5) is 0 Å². The average Bonchev–Trinajstić information content (AvgIpc) is 2.98. The lowest BCUT2D eigenvalue weighted by Gasteiger charge is -2.26. The molecular weight excluding hydrogens is 294 g/mol. The Hall–Kier alpha value is -2.63. The summed E-state index contributed by atoms with van der Waals surface area (Å²) in [5.74, 6) is -0.0379. The van der Waals surface area contributed by atoms with Crippen LogP contribution in [0.3, 0.4) is 0 Å². The fourth-order valence-corrected chi connectivity index (χ4v) is 3.12. The molecule has 1 aliphatic rings. The summed E-state index contributed by atoms with van der Waals surface area (Å²) in [6.07, 6.45) is 4.66. The van der Waals surface area contributed by atoms with E-state index < -0.39 is 0 Å². The molecule has 6 nitrogen and oxygen atoms in total. The highest BCUT2D eigenvalue weighted by atomic mass is 16.3. The molecule has 0 saturated carbocycles. The zero-order chi connectivity index (χ0) is 15.8. The summed E-state index contributed by atoms with van der Waals surface area (Å²) in [6, 6.07) is 7.41. The van der Waals surface area contributed by atoms with Crippen molar-refractivity contribution in [3.8, 4) is 0 Å². The highest BCUT2D eigenvalue weighted by Gasteiger charge is 2.19. The van der Waals surface area contributed by atoms with Crippen LogP contribution in [0.1, 0.15) is 19.3 Å². The predicted molar refractivity (Wildman–Crippen MR) is 86.2 cm³/mol. The Labute approximate surface area is 132 Å². The molecule has 0 bridgehead atoms. The highest BCUT2D eigenvalue weighted by molar-refractivity contribution is 6.01. The maximum Gasteiger partial charge on any atom is 0.297 e. The number of hydrogen-bond acceptors (Lipinski definition) is 4. The second-order valence-electron chi connectivity index (χ2n) is 5.90. The van der Waals surface area contributed by atoms with E-state index in [9.17, 15) is 9.59 Å². The predicted octanol–water partition coefficient (Wildman–Crippen LogP) is 2.16. The number of carbonyl (C=O) groups excluding carboxylic acids is 1. The molecule has 0 unspecified atom stereocenters. The molecule has 23 heavy (non-hydrogen) atoms. The maximum atomic E-state index is 12.6. The number of likely N-dealkylation sites (tertiary alicyclic amines) is 1. The zero-order valence-corrected chi connectivity index (χ0v) is 12.7. The lowest BCUT2D eigenvalue weighted by molar-refractivity contribution is -0.132. The number of benzene rings is 1. The first-order chi connectivity index (χ1) is 11.2. The SMILES string of the molecule is O=C(Cn1cnc2c(oc3ccccc32)c1=O)N1CCCCC1. The highest BCUT2D eigenvalue weighted by Crippen LogP contribution is 2.24. The fourth-order valence-electron chi connectivity index (χ4n) is 3.12. The zero-order valence-electron chi connectivity index (χ0n) is 12.7. The number of carbonyl (C=O) groups is 1. The summed E-state index contributed by atoms with van der Waals surface area (Å²) in [5, 5.41) is 0.814.